The Morgan fingerprint density at radius 3 is 2.60 bits per heavy atom. The average Bonchev–Trinajstić information content (AvgIpc) is 3.29. The van der Waals surface area contributed by atoms with Crippen LogP contribution in [0.15, 0.2) is 42.5 Å². The molecule has 0 saturated heterocycles. The zero-order valence-electron chi connectivity index (χ0n) is 21.2. The van der Waals surface area contributed by atoms with Gasteiger partial charge in [0, 0.05) is 22.5 Å². The molecule has 0 bridgehead atoms. The Balaban J connectivity index is 0.00000167. The van der Waals surface area contributed by atoms with Gasteiger partial charge in [0.2, 0.25) is 0 Å². The Hall–Kier alpha value is -3.19. The van der Waals surface area contributed by atoms with Crippen LogP contribution in [-0.4, -0.2) is 23.9 Å². The lowest BCUT2D eigenvalue weighted by Crippen LogP contribution is -2.23. The molecule has 0 spiro atoms. The van der Waals surface area contributed by atoms with Gasteiger partial charge in [0.25, 0.3) is 11.8 Å². The largest absolute Gasteiger partial charge is 0.496 e. The molecule has 1 aromatic heterocycles. The number of methoxy groups -OCH3 is 1. The van der Waals surface area contributed by atoms with Crippen LogP contribution in [0, 0.1) is 12.8 Å². The lowest BCUT2D eigenvalue weighted by molar-refractivity contribution is 0.0950. The molecule has 2 aromatic carbocycles. The molecule has 0 saturated carbocycles. The van der Waals surface area contributed by atoms with Crippen molar-refractivity contribution in [2.45, 2.75) is 59.9 Å². The zero-order chi connectivity index (χ0) is 25.4. The minimum Gasteiger partial charge on any atom is -0.496 e. The number of aromatic nitrogens is 1. The number of rotatable bonds is 7. The smallest absolute Gasteiger partial charge is 0.257 e. The third-order valence-corrected chi connectivity index (χ3v) is 7.17. The van der Waals surface area contributed by atoms with Crippen LogP contribution >= 0.6 is 11.3 Å². The number of anilines is 1. The number of nitrogens with one attached hydrogen (secondary N) is 2. The Labute approximate surface area is 212 Å². The second-order valence-electron chi connectivity index (χ2n) is 8.43. The number of carbonyl (C=O) groups is 2. The van der Waals surface area contributed by atoms with Gasteiger partial charge in [-0.2, -0.15) is 0 Å². The topological polar surface area (TPSA) is 80.3 Å². The average molecular weight is 494 g/mol. The molecule has 2 amide bonds. The van der Waals surface area contributed by atoms with Gasteiger partial charge in [0.15, 0.2) is 5.13 Å². The van der Waals surface area contributed by atoms with E-state index in [4.69, 9.17) is 4.74 Å². The molecule has 2 N–H and O–H groups in total. The maximum atomic E-state index is 12.8. The highest BCUT2D eigenvalue weighted by molar-refractivity contribution is 7.15. The number of hydrogen-bond donors (Lipinski definition) is 2. The van der Waals surface area contributed by atoms with Crippen LogP contribution in [0.4, 0.5) is 5.13 Å². The first-order valence-corrected chi connectivity index (χ1v) is 13.1. The van der Waals surface area contributed by atoms with E-state index in [2.05, 4.69) is 22.5 Å². The third kappa shape index (κ3) is 6.69. The van der Waals surface area contributed by atoms with E-state index in [-0.39, 0.29) is 11.8 Å². The number of benzene rings is 2. The van der Waals surface area contributed by atoms with Crippen LogP contribution in [0.2, 0.25) is 0 Å². The Morgan fingerprint density at radius 1 is 1.11 bits per heavy atom. The Kier molecular flexibility index (Phi) is 9.43. The highest BCUT2D eigenvalue weighted by Gasteiger charge is 2.22. The molecule has 1 atom stereocenters. The molecule has 6 nitrogen and oxygen atoms in total. The fourth-order valence-corrected chi connectivity index (χ4v) is 5.26. The molecule has 1 aliphatic rings. The van der Waals surface area contributed by atoms with Crippen LogP contribution in [0.25, 0.3) is 0 Å². The van der Waals surface area contributed by atoms with Gasteiger partial charge >= 0.3 is 0 Å². The second-order valence-corrected chi connectivity index (χ2v) is 9.51. The summed E-state index contributed by atoms with van der Waals surface area (Å²) >= 11 is 1.59. The predicted molar refractivity (Wildman–Crippen MR) is 143 cm³/mol. The quantitative estimate of drug-likeness (QED) is 0.412. The number of thiazole rings is 1. The highest BCUT2D eigenvalue weighted by atomic mass is 32.1. The van der Waals surface area contributed by atoms with Crippen molar-refractivity contribution in [3.8, 4) is 5.75 Å². The lowest BCUT2D eigenvalue weighted by atomic mass is 9.89. The zero-order valence-corrected chi connectivity index (χ0v) is 22.1. The van der Waals surface area contributed by atoms with Crippen molar-refractivity contribution in [3.63, 3.8) is 0 Å². The van der Waals surface area contributed by atoms with Crippen molar-refractivity contribution < 1.29 is 14.3 Å². The fraction of sp³-hybridized carbons (Fsp3) is 0.393. The fourth-order valence-electron chi connectivity index (χ4n) is 4.14. The molecule has 1 heterocycles. The summed E-state index contributed by atoms with van der Waals surface area (Å²) in [6, 6.07) is 12.6. The van der Waals surface area contributed by atoms with Gasteiger partial charge in [-0.05, 0) is 73.6 Å². The molecule has 1 unspecified atom stereocenters. The van der Waals surface area contributed by atoms with E-state index in [0.717, 1.165) is 41.3 Å². The molecular weight excluding hydrogens is 458 g/mol. The van der Waals surface area contributed by atoms with Crippen molar-refractivity contribution in [3.05, 3.63) is 75.3 Å². The normalized spacial score (nSPS) is 14.3. The number of ether oxygens (including phenoxy) is 1. The number of nitrogens with zero attached hydrogens (tertiary/aromatic N) is 1. The number of fused-ring (bicyclic) bond motifs is 1. The van der Waals surface area contributed by atoms with E-state index >= 15 is 0 Å². The minimum absolute atomic E-state index is 0.172. The molecule has 0 fully saturated rings. The molecule has 0 radical (unpaired) electrons. The number of hydrogen-bond acceptors (Lipinski definition) is 5. The van der Waals surface area contributed by atoms with Crippen LogP contribution in [0.1, 0.15) is 76.0 Å². The molecular formula is C28H35N3O3S. The van der Waals surface area contributed by atoms with Crippen molar-refractivity contribution in [2.75, 3.05) is 12.4 Å². The molecule has 3 aromatic rings. The first-order chi connectivity index (χ1) is 17.0. The van der Waals surface area contributed by atoms with E-state index < -0.39 is 0 Å². The van der Waals surface area contributed by atoms with Crippen molar-refractivity contribution in [1.82, 2.24) is 10.3 Å². The summed E-state index contributed by atoms with van der Waals surface area (Å²) in [5.74, 6) is 1.10. The predicted octanol–water partition coefficient (Wildman–Crippen LogP) is 6.18. The Morgan fingerprint density at radius 2 is 1.89 bits per heavy atom. The van der Waals surface area contributed by atoms with E-state index in [1.165, 1.54) is 17.7 Å². The Bertz CT molecular complexity index is 1170. The standard InChI is InChI=1S/C26H29N3O3S.C2H6/c1-4-17-8-10-21-23(14-17)33-26(28-21)29-25(31)19-7-5-6-18(13-19)15-27-24(30)20-9-11-22(32-3)16(2)12-20;1-2/h5-7,9,11-13,17H,4,8,10,14-15H2,1-3H3,(H,27,30)(H,28,29,31);1-2H3. The summed E-state index contributed by atoms with van der Waals surface area (Å²) in [5.41, 5.74) is 4.00. The summed E-state index contributed by atoms with van der Waals surface area (Å²) < 4.78 is 5.25. The van der Waals surface area contributed by atoms with E-state index in [1.807, 2.05) is 32.9 Å². The summed E-state index contributed by atoms with van der Waals surface area (Å²) in [6.45, 7) is 8.46. The molecule has 1 aliphatic carbocycles. The summed E-state index contributed by atoms with van der Waals surface area (Å²) in [5, 5.41) is 6.53. The summed E-state index contributed by atoms with van der Waals surface area (Å²) in [4.78, 5) is 31.3. The number of aryl methyl sites for hydroxylation is 2. The van der Waals surface area contributed by atoms with Crippen LogP contribution in [0.3, 0.4) is 0 Å². The highest BCUT2D eigenvalue weighted by Crippen LogP contribution is 2.33. The van der Waals surface area contributed by atoms with Crippen LogP contribution in [0.5, 0.6) is 5.75 Å². The van der Waals surface area contributed by atoms with Crippen LogP contribution < -0.4 is 15.4 Å². The molecule has 35 heavy (non-hydrogen) atoms. The number of carbonyl (C=O) groups excluding carboxylic acids is 2. The molecule has 4 rings (SSSR count). The van der Waals surface area contributed by atoms with E-state index in [0.29, 0.717) is 22.8 Å². The third-order valence-electron chi connectivity index (χ3n) is 6.14. The van der Waals surface area contributed by atoms with E-state index in [9.17, 15) is 9.59 Å². The molecule has 186 valence electrons. The first-order valence-electron chi connectivity index (χ1n) is 12.3. The first kappa shape index (κ1) is 26.4. The lowest BCUT2D eigenvalue weighted by Gasteiger charge is -2.18. The van der Waals surface area contributed by atoms with Gasteiger partial charge in [0.05, 0.1) is 12.8 Å². The van der Waals surface area contributed by atoms with Gasteiger partial charge in [-0.15, -0.1) is 11.3 Å². The monoisotopic (exact) mass is 493 g/mol. The molecule has 0 aliphatic heterocycles. The maximum Gasteiger partial charge on any atom is 0.257 e. The van der Waals surface area contributed by atoms with Gasteiger partial charge in [-0.25, -0.2) is 4.98 Å². The van der Waals surface area contributed by atoms with Crippen molar-refractivity contribution >= 4 is 28.3 Å². The van der Waals surface area contributed by atoms with Gasteiger partial charge < -0.3 is 10.1 Å². The van der Waals surface area contributed by atoms with Gasteiger partial charge in [-0.3, -0.25) is 14.9 Å². The minimum atomic E-state index is -0.188. The SMILES string of the molecule is CC.CCC1CCc2nc(NC(=O)c3cccc(CNC(=O)c4ccc(OC)c(C)c4)c3)sc2C1. The van der Waals surface area contributed by atoms with Crippen molar-refractivity contribution in [2.24, 2.45) is 5.92 Å². The maximum absolute atomic E-state index is 12.8. The molecule has 7 heteroatoms. The van der Waals surface area contributed by atoms with E-state index in [1.54, 1.807) is 48.8 Å². The summed E-state index contributed by atoms with van der Waals surface area (Å²) in [6.07, 6.45) is 4.40. The van der Waals surface area contributed by atoms with Gasteiger partial charge in [0.1, 0.15) is 5.75 Å². The number of amides is 2. The summed E-state index contributed by atoms with van der Waals surface area (Å²) in [7, 11) is 1.61. The van der Waals surface area contributed by atoms with Crippen molar-refractivity contribution in [1.29, 1.82) is 0 Å². The second kappa shape index (κ2) is 12.5. The van der Waals surface area contributed by atoms with Crippen LogP contribution in [-0.2, 0) is 19.4 Å². The van der Waals surface area contributed by atoms with Gasteiger partial charge in [-0.1, -0.05) is 39.3 Å².